The van der Waals surface area contributed by atoms with Crippen molar-refractivity contribution in [3.05, 3.63) is 100 Å². The molecule has 1 aliphatic heterocycles. The molecule has 5 N–H and O–H groups in total. The van der Waals surface area contributed by atoms with E-state index in [2.05, 4.69) is 58.0 Å². The highest BCUT2D eigenvalue weighted by Crippen LogP contribution is 2.30. The highest BCUT2D eigenvalue weighted by Gasteiger charge is 2.26. The largest absolute Gasteiger partial charge is 0.493 e. The van der Waals surface area contributed by atoms with E-state index in [-0.39, 0.29) is 24.6 Å². The average molecular weight is 590 g/mol. The molecule has 0 spiro atoms. The minimum atomic E-state index is -1.22. The van der Waals surface area contributed by atoms with Crippen LogP contribution in [0.4, 0.5) is 4.79 Å². The molecule has 3 aromatic rings. The Hall–Kier alpha value is -4.07. The lowest BCUT2D eigenvalue weighted by atomic mass is 9.96. The number of hydrogen-bond donors (Lipinski definition) is 3. The third-order valence-electron chi connectivity index (χ3n) is 7.15. The van der Waals surface area contributed by atoms with Crippen LogP contribution in [0.2, 0.25) is 5.02 Å². The van der Waals surface area contributed by atoms with Gasteiger partial charge in [-0.15, -0.1) is 0 Å². The van der Waals surface area contributed by atoms with Gasteiger partial charge in [-0.25, -0.2) is 15.6 Å². The van der Waals surface area contributed by atoms with Crippen LogP contribution in [0, 0.1) is 11.8 Å². The summed E-state index contributed by atoms with van der Waals surface area (Å²) in [7, 11) is 0. The van der Waals surface area contributed by atoms with Crippen molar-refractivity contribution in [2.24, 2.45) is 11.6 Å². The van der Waals surface area contributed by atoms with E-state index in [4.69, 9.17) is 33.0 Å². The molecule has 0 aromatic heterocycles. The van der Waals surface area contributed by atoms with E-state index in [0.29, 0.717) is 22.9 Å². The van der Waals surface area contributed by atoms with Gasteiger partial charge in [0.15, 0.2) is 0 Å². The normalized spacial score (nSPS) is 14.4. The smallest absolute Gasteiger partial charge is 0.421 e. The number of primary amides is 1. The molecule has 0 saturated carbocycles. The maximum Gasteiger partial charge on any atom is 0.421 e. The zero-order valence-electron chi connectivity index (χ0n) is 23.4. The van der Waals surface area contributed by atoms with E-state index in [0.717, 1.165) is 44.2 Å². The molecular weight excluding hydrogens is 554 g/mol. The van der Waals surface area contributed by atoms with Gasteiger partial charge in [-0.3, -0.25) is 9.69 Å². The van der Waals surface area contributed by atoms with Crippen LogP contribution in [0.5, 0.6) is 5.75 Å². The molecule has 220 valence electrons. The van der Waals surface area contributed by atoms with Crippen molar-refractivity contribution in [2.75, 3.05) is 45.9 Å². The second-order valence-corrected chi connectivity index (χ2v) is 10.5. The van der Waals surface area contributed by atoms with Gasteiger partial charge in [0.1, 0.15) is 5.75 Å². The van der Waals surface area contributed by atoms with Gasteiger partial charge in [-0.05, 0) is 47.9 Å². The Morgan fingerprint density at radius 1 is 1.00 bits per heavy atom. The number of amides is 2. The Bertz CT molecular complexity index is 1400. The number of halogens is 1. The van der Waals surface area contributed by atoms with Crippen molar-refractivity contribution in [3.63, 3.8) is 0 Å². The molecule has 4 rings (SSSR count). The molecule has 2 amide bonds. The molecule has 10 heteroatoms. The minimum Gasteiger partial charge on any atom is -0.493 e. The molecule has 9 nitrogen and oxygen atoms in total. The number of nitrogens with two attached hydrogens (primary N) is 2. The molecular formula is C32H36ClN5O4. The van der Waals surface area contributed by atoms with Crippen molar-refractivity contribution >= 4 is 23.6 Å². The van der Waals surface area contributed by atoms with Gasteiger partial charge in [0, 0.05) is 49.7 Å². The predicted molar refractivity (Wildman–Crippen MR) is 163 cm³/mol. The molecule has 42 heavy (non-hydrogen) atoms. The number of ether oxygens (including phenoxy) is 1. The number of benzene rings is 3. The lowest BCUT2D eigenvalue weighted by Crippen LogP contribution is -2.48. The van der Waals surface area contributed by atoms with Crippen LogP contribution >= 0.6 is 11.6 Å². The molecule has 0 bridgehead atoms. The van der Waals surface area contributed by atoms with E-state index in [9.17, 15) is 9.59 Å². The van der Waals surface area contributed by atoms with Gasteiger partial charge in [-0.2, -0.15) is 0 Å². The molecule has 0 aliphatic carbocycles. The molecule has 1 atom stereocenters. The second kappa shape index (κ2) is 15.2. The zero-order valence-corrected chi connectivity index (χ0v) is 24.2. The Morgan fingerprint density at radius 2 is 1.69 bits per heavy atom. The number of hydrogen-bond acceptors (Lipinski definition) is 6. The monoisotopic (exact) mass is 589 g/mol. The average Bonchev–Trinajstić information content (AvgIpc) is 3.00. The summed E-state index contributed by atoms with van der Waals surface area (Å²) in [6.07, 6.45) is -0.157. The molecule has 1 heterocycles. The van der Waals surface area contributed by atoms with Crippen molar-refractivity contribution in [2.45, 2.75) is 18.9 Å². The number of hydrazine groups is 1. The van der Waals surface area contributed by atoms with Gasteiger partial charge in [-0.1, -0.05) is 65.9 Å². The Balaban J connectivity index is 1.27. The van der Waals surface area contributed by atoms with Crippen molar-refractivity contribution < 1.29 is 19.4 Å². The Labute approximate surface area is 251 Å². The van der Waals surface area contributed by atoms with Crippen molar-refractivity contribution in [1.29, 1.82) is 0 Å². The number of nitrogens with zero attached hydrogens (tertiary/aromatic N) is 3. The van der Waals surface area contributed by atoms with Gasteiger partial charge < -0.3 is 20.5 Å². The number of piperazine rings is 1. The van der Waals surface area contributed by atoms with Crippen molar-refractivity contribution in [3.8, 4) is 17.6 Å². The lowest BCUT2D eigenvalue weighted by Gasteiger charge is -2.39. The summed E-state index contributed by atoms with van der Waals surface area (Å²) < 4.78 is 5.93. The van der Waals surface area contributed by atoms with E-state index in [1.54, 1.807) is 18.2 Å². The summed E-state index contributed by atoms with van der Waals surface area (Å²) in [4.78, 5) is 27.7. The molecule has 3 aromatic carbocycles. The van der Waals surface area contributed by atoms with Crippen molar-refractivity contribution in [1.82, 2.24) is 14.8 Å². The fourth-order valence-corrected chi connectivity index (χ4v) is 5.10. The standard InChI is InChI=1S/C32H36ClN5O4/c33-27-13-11-26(12-14-27)30(25-8-2-1-3-9-25)37-20-18-36(19-21-37)16-6-22-42-29-15-10-24(23-28(29)31(34)39)7-4-5-17-38(35)32(40)41/h1-3,8-15,23,30H,5-6,16-22,35H2,(H2,34,39)(H,40,41). The summed E-state index contributed by atoms with van der Waals surface area (Å²) in [6, 6.07) is 23.9. The summed E-state index contributed by atoms with van der Waals surface area (Å²) >= 11 is 6.16. The molecule has 1 saturated heterocycles. The summed E-state index contributed by atoms with van der Waals surface area (Å²) in [5.74, 6) is 10.9. The van der Waals surface area contributed by atoms with E-state index >= 15 is 0 Å². The number of rotatable bonds is 11. The van der Waals surface area contributed by atoms with E-state index < -0.39 is 12.0 Å². The maximum atomic E-state index is 12.0. The summed E-state index contributed by atoms with van der Waals surface area (Å²) in [6.45, 7) is 5.20. The van der Waals surface area contributed by atoms with Crippen LogP contribution in [0.1, 0.15) is 45.9 Å². The highest BCUT2D eigenvalue weighted by atomic mass is 35.5. The van der Waals surface area contributed by atoms with Gasteiger partial charge in [0.2, 0.25) is 0 Å². The fourth-order valence-electron chi connectivity index (χ4n) is 4.97. The topological polar surface area (TPSA) is 125 Å². The first-order valence-electron chi connectivity index (χ1n) is 13.9. The molecule has 1 unspecified atom stereocenters. The number of carboxylic acid groups (broad SMARTS) is 1. The molecule has 1 aliphatic rings. The minimum absolute atomic E-state index is 0.0806. The molecule has 0 radical (unpaired) electrons. The molecule has 1 fully saturated rings. The van der Waals surface area contributed by atoms with Gasteiger partial charge in [0.25, 0.3) is 5.91 Å². The summed E-state index contributed by atoms with van der Waals surface area (Å²) in [5, 5.41) is 10.2. The highest BCUT2D eigenvalue weighted by molar-refractivity contribution is 6.30. The van der Waals surface area contributed by atoms with Crippen LogP contribution in [0.3, 0.4) is 0 Å². The summed E-state index contributed by atoms with van der Waals surface area (Å²) in [5.41, 5.74) is 8.93. The predicted octanol–water partition coefficient (Wildman–Crippen LogP) is 4.21. The second-order valence-electron chi connectivity index (χ2n) is 10.0. The van der Waals surface area contributed by atoms with Crippen LogP contribution < -0.4 is 16.3 Å². The number of carbonyl (C=O) groups excluding carboxylic acids is 1. The van der Waals surface area contributed by atoms with Gasteiger partial charge in [0.05, 0.1) is 24.8 Å². The Morgan fingerprint density at radius 3 is 2.36 bits per heavy atom. The third kappa shape index (κ3) is 8.71. The first-order valence-corrected chi connectivity index (χ1v) is 14.3. The lowest BCUT2D eigenvalue weighted by molar-refractivity contribution is 0.0992. The quantitative estimate of drug-likeness (QED) is 0.101. The Kier molecular flexibility index (Phi) is 11.2. The van der Waals surface area contributed by atoms with E-state index in [1.807, 2.05) is 18.2 Å². The van der Waals surface area contributed by atoms with Crippen LogP contribution in [-0.2, 0) is 0 Å². The number of carbonyl (C=O) groups is 2. The third-order valence-corrected chi connectivity index (χ3v) is 7.40. The zero-order chi connectivity index (χ0) is 29.9. The van der Waals surface area contributed by atoms with E-state index in [1.165, 1.54) is 11.1 Å². The SMILES string of the molecule is NC(=O)c1cc(C#CCCN(N)C(=O)O)ccc1OCCCN1CCN(C(c2ccccc2)c2ccc(Cl)cc2)CC1. The van der Waals surface area contributed by atoms with Gasteiger partial charge >= 0.3 is 6.09 Å². The van der Waals surface area contributed by atoms with Crippen LogP contribution in [0.25, 0.3) is 0 Å². The first kappa shape index (κ1) is 30.9. The first-order chi connectivity index (χ1) is 20.3. The van der Waals surface area contributed by atoms with Crippen LogP contribution in [-0.4, -0.2) is 77.8 Å². The van der Waals surface area contributed by atoms with Crippen LogP contribution in [0.15, 0.2) is 72.8 Å². The maximum absolute atomic E-state index is 12.0. The fraction of sp³-hybridized carbons (Fsp3) is 0.312.